The molecular formula is C14H19BrN2O2. The van der Waals surface area contributed by atoms with Crippen LogP contribution in [0.3, 0.4) is 0 Å². The van der Waals surface area contributed by atoms with E-state index in [0.717, 1.165) is 16.7 Å². The van der Waals surface area contributed by atoms with E-state index in [2.05, 4.69) is 20.8 Å². The van der Waals surface area contributed by atoms with E-state index in [-0.39, 0.29) is 18.6 Å². The number of nitrogens with zero attached hydrogens (tertiary/aromatic N) is 2. The number of aryl methyl sites for hydroxylation is 1. The van der Waals surface area contributed by atoms with Crippen molar-refractivity contribution in [3.63, 3.8) is 0 Å². The molecule has 1 N–H and O–H groups in total. The van der Waals surface area contributed by atoms with Crippen molar-refractivity contribution >= 4 is 27.5 Å². The van der Waals surface area contributed by atoms with Gasteiger partial charge in [0.05, 0.1) is 0 Å². The maximum Gasteiger partial charge on any atom is 0.245 e. The van der Waals surface area contributed by atoms with E-state index in [9.17, 15) is 9.90 Å². The van der Waals surface area contributed by atoms with Gasteiger partial charge in [-0.1, -0.05) is 22.0 Å². The summed E-state index contributed by atoms with van der Waals surface area (Å²) in [5, 5.41) is 9.18. The van der Waals surface area contributed by atoms with Crippen molar-refractivity contribution < 1.29 is 9.90 Å². The van der Waals surface area contributed by atoms with Crippen LogP contribution in [-0.4, -0.2) is 48.7 Å². The predicted molar refractivity (Wildman–Crippen MR) is 79.4 cm³/mol. The minimum absolute atomic E-state index is 0.0216. The molecular weight excluding hydrogens is 308 g/mol. The first kappa shape index (κ1) is 14.3. The zero-order valence-corrected chi connectivity index (χ0v) is 12.9. The molecule has 1 aromatic carbocycles. The lowest BCUT2D eigenvalue weighted by Crippen LogP contribution is -2.56. The van der Waals surface area contributed by atoms with Gasteiger partial charge in [0.2, 0.25) is 5.91 Å². The number of piperazine rings is 1. The Hall–Kier alpha value is -1.07. The van der Waals surface area contributed by atoms with Gasteiger partial charge in [-0.15, -0.1) is 0 Å². The van der Waals surface area contributed by atoms with Gasteiger partial charge in [-0.05, 0) is 31.0 Å². The summed E-state index contributed by atoms with van der Waals surface area (Å²) in [6.45, 7) is 3.57. The molecule has 5 heteroatoms. The second-order valence-corrected chi connectivity index (χ2v) is 5.77. The van der Waals surface area contributed by atoms with Crippen LogP contribution in [0.15, 0.2) is 22.7 Å². The highest BCUT2D eigenvalue weighted by Crippen LogP contribution is 2.27. The van der Waals surface area contributed by atoms with Crippen molar-refractivity contribution in [1.29, 1.82) is 0 Å². The van der Waals surface area contributed by atoms with E-state index < -0.39 is 0 Å². The molecule has 1 aliphatic rings. The summed E-state index contributed by atoms with van der Waals surface area (Å²) in [5.41, 5.74) is 2.19. The number of halogens is 1. The third-order valence-corrected chi connectivity index (χ3v) is 4.46. The van der Waals surface area contributed by atoms with E-state index in [1.54, 1.807) is 4.90 Å². The second kappa shape index (κ2) is 5.92. The molecule has 0 saturated carbocycles. The van der Waals surface area contributed by atoms with Crippen LogP contribution in [0.4, 0.5) is 5.69 Å². The largest absolute Gasteiger partial charge is 0.396 e. The highest BCUT2D eigenvalue weighted by atomic mass is 79.9. The van der Waals surface area contributed by atoms with Crippen LogP contribution < -0.4 is 4.90 Å². The van der Waals surface area contributed by atoms with Crippen LogP contribution in [0, 0.1) is 6.92 Å². The molecule has 0 bridgehead atoms. The van der Waals surface area contributed by atoms with Crippen LogP contribution in [-0.2, 0) is 4.79 Å². The average molecular weight is 327 g/mol. The number of amides is 1. The van der Waals surface area contributed by atoms with E-state index in [1.807, 2.05) is 32.2 Å². The summed E-state index contributed by atoms with van der Waals surface area (Å²) >= 11 is 3.53. The number of carbonyl (C=O) groups is 1. The van der Waals surface area contributed by atoms with Gasteiger partial charge in [0, 0.05) is 36.9 Å². The van der Waals surface area contributed by atoms with Gasteiger partial charge in [0.25, 0.3) is 0 Å². The average Bonchev–Trinajstić information content (AvgIpc) is 2.39. The van der Waals surface area contributed by atoms with E-state index >= 15 is 0 Å². The number of benzene rings is 1. The molecule has 1 unspecified atom stereocenters. The number of aliphatic hydroxyl groups is 1. The summed E-state index contributed by atoms with van der Waals surface area (Å²) in [7, 11) is 1.81. The molecule has 1 atom stereocenters. The lowest BCUT2D eigenvalue weighted by atomic mass is 10.1. The summed E-state index contributed by atoms with van der Waals surface area (Å²) < 4.78 is 1.04. The molecule has 104 valence electrons. The van der Waals surface area contributed by atoms with Crippen molar-refractivity contribution in [3.05, 3.63) is 28.2 Å². The Balaban J connectivity index is 2.30. The third kappa shape index (κ3) is 2.92. The van der Waals surface area contributed by atoms with E-state index in [4.69, 9.17) is 0 Å². The van der Waals surface area contributed by atoms with Crippen LogP contribution in [0.1, 0.15) is 12.0 Å². The number of hydrogen-bond acceptors (Lipinski definition) is 3. The molecule has 4 nitrogen and oxygen atoms in total. The summed E-state index contributed by atoms with van der Waals surface area (Å²) in [6.07, 6.45) is 0.467. The topological polar surface area (TPSA) is 43.8 Å². The summed E-state index contributed by atoms with van der Waals surface area (Å²) in [5.74, 6) is 0.0806. The number of aliphatic hydroxyl groups excluding tert-OH is 1. The zero-order chi connectivity index (χ0) is 14.0. The zero-order valence-electron chi connectivity index (χ0n) is 11.3. The lowest BCUT2D eigenvalue weighted by Gasteiger charge is -2.40. The number of likely N-dealkylation sites (N-methyl/N-ethyl adjacent to an activating group) is 1. The first-order chi connectivity index (χ1) is 9.04. The van der Waals surface area contributed by atoms with Crippen molar-refractivity contribution in [3.8, 4) is 0 Å². The Morgan fingerprint density at radius 3 is 2.79 bits per heavy atom. The molecule has 19 heavy (non-hydrogen) atoms. The van der Waals surface area contributed by atoms with Crippen molar-refractivity contribution in [2.75, 3.05) is 31.6 Å². The minimum Gasteiger partial charge on any atom is -0.396 e. The van der Waals surface area contributed by atoms with Gasteiger partial charge in [-0.2, -0.15) is 0 Å². The molecule has 0 spiro atoms. The fraction of sp³-hybridized carbons (Fsp3) is 0.500. The molecule has 1 aromatic rings. The standard InChI is InChI=1S/C14H19BrN2O2/c1-10-3-4-11(9-12(10)15)17-7-6-16(2)14(19)13(17)5-8-18/h3-4,9,13,18H,5-8H2,1-2H3. The maximum atomic E-state index is 12.2. The minimum atomic E-state index is -0.265. The molecule has 1 amide bonds. The smallest absolute Gasteiger partial charge is 0.245 e. The van der Waals surface area contributed by atoms with E-state index in [1.165, 1.54) is 5.56 Å². The van der Waals surface area contributed by atoms with Gasteiger partial charge in [0.1, 0.15) is 6.04 Å². The summed E-state index contributed by atoms with van der Waals surface area (Å²) in [4.78, 5) is 16.0. The Labute approximate surface area is 122 Å². The number of anilines is 1. The van der Waals surface area contributed by atoms with Crippen LogP contribution in [0.2, 0.25) is 0 Å². The Morgan fingerprint density at radius 1 is 1.42 bits per heavy atom. The first-order valence-electron chi connectivity index (χ1n) is 6.43. The highest BCUT2D eigenvalue weighted by molar-refractivity contribution is 9.10. The maximum absolute atomic E-state index is 12.2. The number of rotatable bonds is 3. The van der Waals surface area contributed by atoms with E-state index in [0.29, 0.717) is 13.0 Å². The van der Waals surface area contributed by atoms with Gasteiger partial charge < -0.3 is 14.9 Å². The fourth-order valence-electron chi connectivity index (χ4n) is 2.38. The Kier molecular flexibility index (Phi) is 4.47. The van der Waals surface area contributed by atoms with Crippen molar-refractivity contribution in [1.82, 2.24) is 4.90 Å². The van der Waals surface area contributed by atoms with Gasteiger partial charge in [-0.3, -0.25) is 4.79 Å². The van der Waals surface area contributed by atoms with Crippen LogP contribution in [0.5, 0.6) is 0 Å². The lowest BCUT2D eigenvalue weighted by molar-refractivity contribution is -0.133. The number of hydrogen-bond donors (Lipinski definition) is 1. The SMILES string of the molecule is Cc1ccc(N2CCN(C)C(=O)C2CCO)cc1Br. The predicted octanol–water partition coefficient (Wildman–Crippen LogP) is 1.79. The fourth-order valence-corrected chi connectivity index (χ4v) is 2.75. The molecule has 0 aliphatic carbocycles. The highest BCUT2D eigenvalue weighted by Gasteiger charge is 2.32. The molecule has 1 saturated heterocycles. The molecule has 0 aromatic heterocycles. The first-order valence-corrected chi connectivity index (χ1v) is 7.22. The molecule has 2 rings (SSSR count). The normalized spacial score (nSPS) is 20.0. The van der Waals surface area contributed by atoms with Crippen molar-refractivity contribution in [2.24, 2.45) is 0 Å². The van der Waals surface area contributed by atoms with Crippen molar-refractivity contribution in [2.45, 2.75) is 19.4 Å². The number of carbonyl (C=O) groups excluding carboxylic acids is 1. The Morgan fingerprint density at radius 2 is 2.16 bits per heavy atom. The quantitative estimate of drug-likeness (QED) is 0.920. The molecule has 1 aliphatic heterocycles. The van der Waals surface area contributed by atoms with Gasteiger partial charge in [0.15, 0.2) is 0 Å². The molecule has 1 fully saturated rings. The second-order valence-electron chi connectivity index (χ2n) is 4.91. The van der Waals surface area contributed by atoms with Gasteiger partial charge >= 0.3 is 0 Å². The Bertz CT molecular complexity index is 479. The van der Waals surface area contributed by atoms with Gasteiger partial charge in [-0.25, -0.2) is 0 Å². The molecule has 1 heterocycles. The monoisotopic (exact) mass is 326 g/mol. The summed E-state index contributed by atoms with van der Waals surface area (Å²) in [6, 6.07) is 5.85. The van der Waals surface area contributed by atoms with Crippen LogP contribution in [0.25, 0.3) is 0 Å². The molecule has 0 radical (unpaired) electrons. The van der Waals surface area contributed by atoms with Crippen LogP contribution >= 0.6 is 15.9 Å². The third-order valence-electron chi connectivity index (χ3n) is 3.60.